The fourth-order valence-corrected chi connectivity index (χ4v) is 1.64. The second kappa shape index (κ2) is 8.53. The van der Waals surface area contributed by atoms with Crippen molar-refractivity contribution in [3.8, 4) is 0 Å². The van der Waals surface area contributed by atoms with E-state index in [1.54, 1.807) is 0 Å². The number of carbonyl (C=O) groups excluding carboxylic acids is 1. The highest BCUT2D eigenvalue weighted by atomic mass is 16.3. The molecule has 0 aromatic rings. The minimum atomic E-state index is -0.439. The molecule has 1 amide bonds. The van der Waals surface area contributed by atoms with Crippen molar-refractivity contribution in [3.63, 3.8) is 0 Å². The Kier molecular flexibility index (Phi) is 8.21. The number of aliphatic hydroxyl groups excluding tert-OH is 1. The molecule has 0 aliphatic heterocycles. The molecule has 16 heavy (non-hydrogen) atoms. The summed E-state index contributed by atoms with van der Waals surface area (Å²) in [6.07, 6.45) is 1.66. The zero-order valence-corrected chi connectivity index (χ0v) is 10.7. The Morgan fingerprint density at radius 3 is 2.50 bits per heavy atom. The van der Waals surface area contributed by atoms with Crippen LogP contribution in [0.25, 0.3) is 0 Å². The summed E-state index contributed by atoms with van der Waals surface area (Å²) < 4.78 is 0. The number of nitrogens with two attached hydrogens (primary N) is 1. The number of aliphatic hydroxyl groups is 1. The number of rotatable bonds is 8. The van der Waals surface area contributed by atoms with Gasteiger partial charge in [0.15, 0.2) is 0 Å². The third-order valence-corrected chi connectivity index (χ3v) is 2.62. The summed E-state index contributed by atoms with van der Waals surface area (Å²) in [5.74, 6) is 0.796. The van der Waals surface area contributed by atoms with Crippen molar-refractivity contribution >= 4 is 5.91 Å². The molecule has 4 N–H and O–H groups in total. The summed E-state index contributed by atoms with van der Waals surface area (Å²) in [7, 11) is 0. The van der Waals surface area contributed by atoms with Gasteiger partial charge in [0.2, 0.25) is 5.91 Å². The number of nitrogens with one attached hydrogen (secondary N) is 1. The fourth-order valence-electron chi connectivity index (χ4n) is 1.64. The van der Waals surface area contributed by atoms with E-state index in [1.807, 2.05) is 6.92 Å². The van der Waals surface area contributed by atoms with Gasteiger partial charge >= 0.3 is 0 Å². The Labute approximate surface area is 98.6 Å². The van der Waals surface area contributed by atoms with Gasteiger partial charge in [0.1, 0.15) is 0 Å². The van der Waals surface area contributed by atoms with Gasteiger partial charge in [0, 0.05) is 13.0 Å². The summed E-state index contributed by atoms with van der Waals surface area (Å²) in [6, 6.07) is 0. The standard InChI is InChI=1S/C12H26N2O2/c1-4-11(15)8-14-12(16)6-10(7-13)5-9(2)3/h9-11,15H,4-8,13H2,1-3H3,(H,14,16). The molecule has 2 unspecified atom stereocenters. The van der Waals surface area contributed by atoms with Crippen molar-refractivity contribution in [2.24, 2.45) is 17.6 Å². The van der Waals surface area contributed by atoms with E-state index in [0.717, 1.165) is 6.42 Å². The van der Waals surface area contributed by atoms with Crippen LogP contribution in [0, 0.1) is 11.8 Å². The fraction of sp³-hybridized carbons (Fsp3) is 0.917. The molecular formula is C12H26N2O2. The number of amides is 1. The van der Waals surface area contributed by atoms with Gasteiger partial charge in [0.25, 0.3) is 0 Å². The maximum atomic E-state index is 11.5. The van der Waals surface area contributed by atoms with E-state index < -0.39 is 6.10 Å². The molecular weight excluding hydrogens is 204 g/mol. The van der Waals surface area contributed by atoms with Crippen LogP contribution in [-0.4, -0.2) is 30.2 Å². The highest BCUT2D eigenvalue weighted by Gasteiger charge is 2.14. The first-order valence-electron chi connectivity index (χ1n) is 6.14. The van der Waals surface area contributed by atoms with Gasteiger partial charge in [-0.05, 0) is 31.2 Å². The third-order valence-electron chi connectivity index (χ3n) is 2.62. The molecule has 0 aromatic heterocycles. The Morgan fingerprint density at radius 1 is 1.44 bits per heavy atom. The molecule has 0 spiro atoms. The van der Waals surface area contributed by atoms with Gasteiger partial charge in [-0.1, -0.05) is 20.8 Å². The summed E-state index contributed by atoms with van der Waals surface area (Å²) in [5, 5.41) is 12.0. The summed E-state index contributed by atoms with van der Waals surface area (Å²) >= 11 is 0. The first kappa shape index (κ1) is 15.4. The lowest BCUT2D eigenvalue weighted by Gasteiger charge is -2.17. The van der Waals surface area contributed by atoms with Gasteiger partial charge in [0.05, 0.1) is 6.10 Å². The molecule has 4 heteroatoms. The van der Waals surface area contributed by atoms with Crippen LogP contribution < -0.4 is 11.1 Å². The summed E-state index contributed by atoms with van der Waals surface area (Å²) in [4.78, 5) is 11.5. The van der Waals surface area contributed by atoms with Gasteiger partial charge in [-0.2, -0.15) is 0 Å². The number of hydrogen-bond donors (Lipinski definition) is 3. The Hall–Kier alpha value is -0.610. The molecule has 96 valence electrons. The summed E-state index contributed by atoms with van der Waals surface area (Å²) in [6.45, 7) is 7.03. The molecule has 2 atom stereocenters. The van der Waals surface area contributed by atoms with E-state index in [9.17, 15) is 9.90 Å². The lowest BCUT2D eigenvalue weighted by atomic mass is 9.94. The van der Waals surface area contributed by atoms with Crippen molar-refractivity contribution in [1.29, 1.82) is 0 Å². The monoisotopic (exact) mass is 230 g/mol. The predicted molar refractivity (Wildman–Crippen MR) is 65.9 cm³/mol. The van der Waals surface area contributed by atoms with Crippen LogP contribution in [-0.2, 0) is 4.79 Å². The van der Waals surface area contributed by atoms with Crippen molar-refractivity contribution < 1.29 is 9.90 Å². The van der Waals surface area contributed by atoms with E-state index in [0.29, 0.717) is 31.8 Å². The second-order valence-electron chi connectivity index (χ2n) is 4.80. The maximum absolute atomic E-state index is 11.5. The van der Waals surface area contributed by atoms with Crippen molar-refractivity contribution in [3.05, 3.63) is 0 Å². The highest BCUT2D eigenvalue weighted by Crippen LogP contribution is 2.13. The van der Waals surface area contributed by atoms with Gasteiger partial charge in [-0.25, -0.2) is 0 Å². The lowest BCUT2D eigenvalue weighted by molar-refractivity contribution is -0.122. The van der Waals surface area contributed by atoms with Gasteiger partial charge in [-0.15, -0.1) is 0 Å². The lowest BCUT2D eigenvalue weighted by Crippen LogP contribution is -2.34. The molecule has 0 saturated heterocycles. The minimum Gasteiger partial charge on any atom is -0.391 e. The van der Waals surface area contributed by atoms with Crippen LogP contribution in [0.15, 0.2) is 0 Å². The molecule has 0 rings (SSSR count). The minimum absolute atomic E-state index is 0.0106. The van der Waals surface area contributed by atoms with Crippen molar-refractivity contribution in [2.45, 2.75) is 46.1 Å². The van der Waals surface area contributed by atoms with E-state index in [1.165, 1.54) is 0 Å². The first-order valence-corrected chi connectivity index (χ1v) is 6.14. The van der Waals surface area contributed by atoms with E-state index in [2.05, 4.69) is 19.2 Å². The second-order valence-corrected chi connectivity index (χ2v) is 4.80. The Bertz CT molecular complexity index is 195. The smallest absolute Gasteiger partial charge is 0.220 e. The maximum Gasteiger partial charge on any atom is 0.220 e. The molecule has 0 aliphatic rings. The summed E-state index contributed by atoms with van der Waals surface area (Å²) in [5.41, 5.74) is 5.62. The van der Waals surface area contributed by atoms with Gasteiger partial charge < -0.3 is 16.2 Å². The van der Waals surface area contributed by atoms with Crippen LogP contribution in [0.3, 0.4) is 0 Å². The molecule has 0 fully saturated rings. The quantitative estimate of drug-likeness (QED) is 0.579. The zero-order valence-electron chi connectivity index (χ0n) is 10.7. The molecule has 0 radical (unpaired) electrons. The third kappa shape index (κ3) is 7.65. The molecule has 0 saturated carbocycles. The van der Waals surface area contributed by atoms with Crippen LogP contribution in [0.2, 0.25) is 0 Å². The number of carbonyl (C=O) groups is 1. The topological polar surface area (TPSA) is 75.3 Å². The molecule has 4 nitrogen and oxygen atoms in total. The van der Waals surface area contributed by atoms with E-state index >= 15 is 0 Å². The Balaban J connectivity index is 3.82. The van der Waals surface area contributed by atoms with E-state index in [-0.39, 0.29) is 11.8 Å². The average Bonchev–Trinajstić information content (AvgIpc) is 2.24. The van der Waals surface area contributed by atoms with Gasteiger partial charge in [-0.3, -0.25) is 4.79 Å². The SMILES string of the molecule is CCC(O)CNC(=O)CC(CN)CC(C)C. The zero-order chi connectivity index (χ0) is 12.6. The average molecular weight is 230 g/mol. The van der Waals surface area contributed by atoms with E-state index in [4.69, 9.17) is 5.73 Å². The number of hydrogen-bond acceptors (Lipinski definition) is 3. The van der Waals surface area contributed by atoms with Crippen molar-refractivity contribution in [1.82, 2.24) is 5.32 Å². The predicted octanol–water partition coefficient (Wildman–Crippen LogP) is 0.885. The molecule has 0 heterocycles. The highest BCUT2D eigenvalue weighted by molar-refractivity contribution is 5.76. The van der Waals surface area contributed by atoms with Crippen molar-refractivity contribution in [2.75, 3.05) is 13.1 Å². The Morgan fingerprint density at radius 2 is 2.06 bits per heavy atom. The molecule has 0 aromatic carbocycles. The van der Waals surface area contributed by atoms with Crippen LogP contribution in [0.5, 0.6) is 0 Å². The normalized spacial score (nSPS) is 14.9. The molecule has 0 bridgehead atoms. The molecule has 0 aliphatic carbocycles. The first-order chi connectivity index (χ1) is 7.49. The van der Waals surface area contributed by atoms with Crippen LogP contribution in [0.4, 0.5) is 0 Å². The van der Waals surface area contributed by atoms with Crippen LogP contribution in [0.1, 0.15) is 40.0 Å². The van der Waals surface area contributed by atoms with Crippen LogP contribution >= 0.6 is 0 Å². The largest absolute Gasteiger partial charge is 0.391 e.